The summed E-state index contributed by atoms with van der Waals surface area (Å²) in [5, 5.41) is 3.35. The predicted octanol–water partition coefficient (Wildman–Crippen LogP) is 2.81. The van der Waals surface area contributed by atoms with Crippen LogP contribution in [-0.2, 0) is 6.54 Å². The van der Waals surface area contributed by atoms with Crippen molar-refractivity contribution in [1.82, 2.24) is 5.32 Å². The Kier molecular flexibility index (Phi) is 4.61. The Morgan fingerprint density at radius 2 is 2.31 bits per heavy atom. The van der Waals surface area contributed by atoms with Crippen LogP contribution in [0.3, 0.4) is 0 Å². The molecule has 1 aromatic heterocycles. The van der Waals surface area contributed by atoms with Crippen LogP contribution in [0.5, 0.6) is 0 Å². The minimum Gasteiger partial charge on any atom is -0.468 e. The predicted molar refractivity (Wildman–Crippen MR) is 54.5 cm³/mol. The number of nitrogens with one attached hydrogen (secondary N) is 1. The lowest BCUT2D eigenvalue weighted by Gasteiger charge is -2.04. The normalized spacial score (nSPS) is 11.0. The molecular weight excluding hydrogens is 162 g/mol. The van der Waals surface area contributed by atoms with Crippen molar-refractivity contribution in [2.45, 2.75) is 33.2 Å². The van der Waals surface area contributed by atoms with E-state index in [0.717, 1.165) is 24.8 Å². The Bertz CT molecular complexity index is 204. The summed E-state index contributed by atoms with van der Waals surface area (Å²) in [7, 11) is 0. The molecule has 2 nitrogen and oxygen atoms in total. The summed E-state index contributed by atoms with van der Waals surface area (Å²) >= 11 is 0. The van der Waals surface area contributed by atoms with Gasteiger partial charge in [0.05, 0.1) is 12.8 Å². The lowest BCUT2D eigenvalue weighted by molar-refractivity contribution is 0.469. The van der Waals surface area contributed by atoms with E-state index in [4.69, 9.17) is 4.42 Å². The molecule has 0 bridgehead atoms. The molecule has 0 aliphatic carbocycles. The molecule has 0 saturated heterocycles. The highest BCUT2D eigenvalue weighted by Crippen LogP contribution is 2.02. The zero-order valence-electron chi connectivity index (χ0n) is 8.55. The summed E-state index contributed by atoms with van der Waals surface area (Å²) in [5.74, 6) is 1.83. The summed E-state index contributed by atoms with van der Waals surface area (Å²) in [4.78, 5) is 0. The van der Waals surface area contributed by atoms with Gasteiger partial charge in [0.25, 0.3) is 0 Å². The minimum atomic E-state index is 0.811. The Hall–Kier alpha value is -0.760. The van der Waals surface area contributed by atoms with E-state index in [1.54, 1.807) is 6.26 Å². The summed E-state index contributed by atoms with van der Waals surface area (Å²) in [6, 6.07) is 3.92. The van der Waals surface area contributed by atoms with Crippen molar-refractivity contribution in [1.29, 1.82) is 0 Å². The van der Waals surface area contributed by atoms with Crippen LogP contribution in [-0.4, -0.2) is 6.54 Å². The van der Waals surface area contributed by atoms with E-state index in [0.29, 0.717) is 0 Å². The monoisotopic (exact) mass is 181 g/mol. The van der Waals surface area contributed by atoms with Gasteiger partial charge in [0.2, 0.25) is 0 Å². The summed E-state index contributed by atoms with van der Waals surface area (Å²) in [6.45, 7) is 6.45. The molecule has 0 atom stereocenters. The van der Waals surface area contributed by atoms with Gasteiger partial charge in [-0.05, 0) is 37.4 Å². The first-order chi connectivity index (χ1) is 6.29. The van der Waals surface area contributed by atoms with Crippen LogP contribution in [0.1, 0.15) is 32.4 Å². The summed E-state index contributed by atoms with van der Waals surface area (Å²) < 4.78 is 5.20. The van der Waals surface area contributed by atoms with Crippen molar-refractivity contribution < 1.29 is 4.42 Å². The first kappa shape index (κ1) is 10.3. The molecule has 2 heteroatoms. The number of furan rings is 1. The van der Waals surface area contributed by atoms with Crippen molar-refractivity contribution in [2.24, 2.45) is 5.92 Å². The Morgan fingerprint density at radius 1 is 1.46 bits per heavy atom. The largest absolute Gasteiger partial charge is 0.468 e. The van der Waals surface area contributed by atoms with Gasteiger partial charge in [-0.1, -0.05) is 13.8 Å². The molecule has 0 saturated carbocycles. The second kappa shape index (κ2) is 5.81. The zero-order valence-corrected chi connectivity index (χ0v) is 8.55. The van der Waals surface area contributed by atoms with Gasteiger partial charge in [-0.15, -0.1) is 0 Å². The third-order valence-electron chi connectivity index (χ3n) is 2.01. The Balaban J connectivity index is 1.96. The smallest absolute Gasteiger partial charge is 0.117 e. The van der Waals surface area contributed by atoms with Crippen molar-refractivity contribution in [3.63, 3.8) is 0 Å². The van der Waals surface area contributed by atoms with E-state index >= 15 is 0 Å². The molecule has 0 aliphatic rings. The molecule has 1 N–H and O–H groups in total. The lowest BCUT2D eigenvalue weighted by atomic mass is 10.1. The van der Waals surface area contributed by atoms with Gasteiger partial charge in [-0.3, -0.25) is 0 Å². The highest BCUT2D eigenvalue weighted by Gasteiger charge is 1.95. The molecule has 74 valence electrons. The van der Waals surface area contributed by atoms with Gasteiger partial charge in [0.15, 0.2) is 0 Å². The third-order valence-corrected chi connectivity index (χ3v) is 2.01. The average molecular weight is 181 g/mol. The van der Waals surface area contributed by atoms with E-state index in [1.807, 2.05) is 12.1 Å². The Labute approximate surface area is 80.3 Å². The molecule has 0 unspecified atom stereocenters. The highest BCUT2D eigenvalue weighted by molar-refractivity contribution is 4.97. The number of hydrogen-bond acceptors (Lipinski definition) is 2. The average Bonchev–Trinajstić information content (AvgIpc) is 2.55. The molecule has 0 amide bonds. The second-order valence-electron chi connectivity index (χ2n) is 3.79. The van der Waals surface area contributed by atoms with Crippen molar-refractivity contribution in [3.8, 4) is 0 Å². The van der Waals surface area contributed by atoms with Gasteiger partial charge in [0, 0.05) is 0 Å². The fourth-order valence-corrected chi connectivity index (χ4v) is 1.26. The molecular formula is C11H19NO. The van der Waals surface area contributed by atoms with E-state index in [1.165, 1.54) is 12.8 Å². The standard InChI is InChI=1S/C11H19NO/c1-10(2)5-3-7-12-9-11-6-4-8-13-11/h4,6,8,10,12H,3,5,7,9H2,1-2H3. The first-order valence-electron chi connectivity index (χ1n) is 5.02. The van der Waals surface area contributed by atoms with Crippen LogP contribution in [0, 0.1) is 5.92 Å². The summed E-state index contributed by atoms with van der Waals surface area (Å²) in [6.07, 6.45) is 4.26. The Morgan fingerprint density at radius 3 is 2.92 bits per heavy atom. The summed E-state index contributed by atoms with van der Waals surface area (Å²) in [5.41, 5.74) is 0. The van der Waals surface area contributed by atoms with E-state index < -0.39 is 0 Å². The maximum Gasteiger partial charge on any atom is 0.117 e. The maximum atomic E-state index is 5.20. The highest BCUT2D eigenvalue weighted by atomic mass is 16.3. The fraction of sp³-hybridized carbons (Fsp3) is 0.636. The lowest BCUT2D eigenvalue weighted by Crippen LogP contribution is -2.14. The van der Waals surface area contributed by atoms with Gasteiger partial charge in [-0.2, -0.15) is 0 Å². The van der Waals surface area contributed by atoms with Crippen LogP contribution in [0.15, 0.2) is 22.8 Å². The molecule has 0 aliphatic heterocycles. The van der Waals surface area contributed by atoms with Crippen LogP contribution in [0.4, 0.5) is 0 Å². The van der Waals surface area contributed by atoms with Gasteiger partial charge in [-0.25, -0.2) is 0 Å². The van der Waals surface area contributed by atoms with Crippen molar-refractivity contribution in [3.05, 3.63) is 24.2 Å². The van der Waals surface area contributed by atoms with Crippen LogP contribution >= 0.6 is 0 Å². The number of hydrogen-bond donors (Lipinski definition) is 1. The molecule has 13 heavy (non-hydrogen) atoms. The topological polar surface area (TPSA) is 25.2 Å². The minimum absolute atomic E-state index is 0.811. The molecule has 0 radical (unpaired) electrons. The van der Waals surface area contributed by atoms with Crippen LogP contribution in [0.2, 0.25) is 0 Å². The fourth-order valence-electron chi connectivity index (χ4n) is 1.26. The van der Waals surface area contributed by atoms with E-state index in [2.05, 4.69) is 19.2 Å². The van der Waals surface area contributed by atoms with Gasteiger partial charge in [0.1, 0.15) is 5.76 Å². The zero-order chi connectivity index (χ0) is 9.52. The molecule has 1 rings (SSSR count). The first-order valence-corrected chi connectivity index (χ1v) is 5.02. The maximum absolute atomic E-state index is 5.20. The van der Waals surface area contributed by atoms with Crippen LogP contribution < -0.4 is 5.32 Å². The molecule has 0 fully saturated rings. The van der Waals surface area contributed by atoms with E-state index in [9.17, 15) is 0 Å². The van der Waals surface area contributed by atoms with Crippen molar-refractivity contribution in [2.75, 3.05) is 6.54 Å². The molecule has 0 aromatic carbocycles. The van der Waals surface area contributed by atoms with E-state index in [-0.39, 0.29) is 0 Å². The molecule has 1 aromatic rings. The SMILES string of the molecule is CC(C)CCCNCc1ccco1. The third kappa shape index (κ3) is 4.73. The van der Waals surface area contributed by atoms with Gasteiger partial charge < -0.3 is 9.73 Å². The number of rotatable bonds is 6. The molecule has 0 spiro atoms. The quantitative estimate of drug-likeness (QED) is 0.683. The van der Waals surface area contributed by atoms with Crippen LogP contribution in [0.25, 0.3) is 0 Å². The second-order valence-corrected chi connectivity index (χ2v) is 3.79. The van der Waals surface area contributed by atoms with Gasteiger partial charge >= 0.3 is 0 Å². The molecule has 1 heterocycles. The van der Waals surface area contributed by atoms with Crippen molar-refractivity contribution >= 4 is 0 Å².